The van der Waals surface area contributed by atoms with Gasteiger partial charge in [0.2, 0.25) is 5.89 Å². The molecule has 2 atom stereocenters. The molecule has 1 amide bonds. The molecule has 0 saturated carbocycles. The van der Waals surface area contributed by atoms with Crippen LogP contribution in [0.3, 0.4) is 0 Å². The van der Waals surface area contributed by atoms with E-state index in [0.29, 0.717) is 35.1 Å². The first-order valence-corrected chi connectivity index (χ1v) is 9.31. The number of fused-ring (bicyclic) bond motifs is 1. The number of ether oxygens (including phenoxy) is 1. The fraction of sp³-hybridized carbons (Fsp3) is 0.529. The monoisotopic (exact) mass is 429 g/mol. The number of carbonyl (C=O) groups is 1. The highest BCUT2D eigenvalue weighted by atomic mass is 79.9. The molecule has 0 spiro atoms. The summed E-state index contributed by atoms with van der Waals surface area (Å²) in [5.74, 6) is 0.462. The number of hydrogen-bond acceptors (Lipinski definition) is 5. The summed E-state index contributed by atoms with van der Waals surface area (Å²) in [4.78, 5) is 18.9. The van der Waals surface area contributed by atoms with Crippen molar-refractivity contribution in [2.24, 2.45) is 0 Å². The van der Waals surface area contributed by atoms with Gasteiger partial charge >= 0.3 is 6.09 Å². The second kappa shape index (κ2) is 6.78. The van der Waals surface area contributed by atoms with Crippen LogP contribution in [0.2, 0.25) is 5.02 Å². The molecule has 8 heteroatoms. The summed E-state index contributed by atoms with van der Waals surface area (Å²) in [5, 5.41) is 3.93. The van der Waals surface area contributed by atoms with Gasteiger partial charge in [0.25, 0.3) is 0 Å². The molecule has 3 rings (SSSR count). The maximum Gasteiger partial charge on any atom is 0.411 e. The number of rotatable bonds is 1. The molecule has 1 aromatic heterocycles. The number of carbonyl (C=O) groups excluding carboxylic acids is 1. The summed E-state index contributed by atoms with van der Waals surface area (Å²) in [7, 11) is 0. The first kappa shape index (κ1) is 18.5. The summed E-state index contributed by atoms with van der Waals surface area (Å²) < 4.78 is 12.3. The van der Waals surface area contributed by atoms with Gasteiger partial charge in [-0.2, -0.15) is 0 Å². The summed E-state index contributed by atoms with van der Waals surface area (Å²) in [6, 6.07) is 3.12. The lowest BCUT2D eigenvalue weighted by molar-refractivity contribution is 0.00266. The van der Waals surface area contributed by atoms with Crippen LogP contribution < -0.4 is 5.32 Å². The first-order chi connectivity index (χ1) is 11.7. The van der Waals surface area contributed by atoms with Gasteiger partial charge < -0.3 is 14.5 Å². The van der Waals surface area contributed by atoms with E-state index in [9.17, 15) is 4.79 Å². The molecule has 6 nitrogen and oxygen atoms in total. The van der Waals surface area contributed by atoms with Gasteiger partial charge in [-0.3, -0.25) is 4.90 Å². The van der Waals surface area contributed by atoms with Gasteiger partial charge in [0.05, 0.1) is 4.47 Å². The molecule has 1 aliphatic heterocycles. The lowest BCUT2D eigenvalue weighted by atomic mass is 10.1. The minimum Gasteiger partial charge on any atom is -0.444 e. The smallest absolute Gasteiger partial charge is 0.411 e. The van der Waals surface area contributed by atoms with Crippen molar-refractivity contribution in [2.75, 3.05) is 13.1 Å². The van der Waals surface area contributed by atoms with Crippen LogP contribution in [0, 0.1) is 0 Å². The molecule has 136 valence electrons. The molecule has 1 fully saturated rings. The van der Waals surface area contributed by atoms with E-state index in [1.807, 2.05) is 27.7 Å². The van der Waals surface area contributed by atoms with Gasteiger partial charge in [-0.05, 0) is 55.8 Å². The molecule has 1 aromatic carbocycles. The highest BCUT2D eigenvalue weighted by Gasteiger charge is 2.38. The van der Waals surface area contributed by atoms with E-state index in [-0.39, 0.29) is 18.2 Å². The molecule has 2 heterocycles. The topological polar surface area (TPSA) is 67.6 Å². The van der Waals surface area contributed by atoms with Crippen molar-refractivity contribution in [1.29, 1.82) is 0 Å². The summed E-state index contributed by atoms with van der Waals surface area (Å²) in [6.07, 6.45) is -0.370. The van der Waals surface area contributed by atoms with Crippen LogP contribution in [-0.2, 0) is 4.74 Å². The first-order valence-electron chi connectivity index (χ1n) is 8.14. The second-order valence-electron chi connectivity index (χ2n) is 7.15. The van der Waals surface area contributed by atoms with Crippen LogP contribution in [0.15, 0.2) is 21.0 Å². The molecule has 25 heavy (non-hydrogen) atoms. The molecule has 1 saturated heterocycles. The molecule has 2 unspecified atom stereocenters. The fourth-order valence-corrected chi connectivity index (χ4v) is 3.78. The van der Waals surface area contributed by atoms with Gasteiger partial charge in [-0.25, -0.2) is 9.78 Å². The van der Waals surface area contributed by atoms with Crippen molar-refractivity contribution in [3.05, 3.63) is 27.5 Å². The van der Waals surface area contributed by atoms with E-state index < -0.39 is 5.60 Å². The Morgan fingerprint density at radius 1 is 1.48 bits per heavy atom. The van der Waals surface area contributed by atoms with Crippen LogP contribution in [0.1, 0.15) is 39.6 Å². The van der Waals surface area contributed by atoms with Gasteiger partial charge in [0.15, 0.2) is 5.58 Å². The van der Waals surface area contributed by atoms with Crippen LogP contribution in [0.25, 0.3) is 11.1 Å². The van der Waals surface area contributed by atoms with E-state index in [1.165, 1.54) is 0 Å². The minimum atomic E-state index is -0.562. The SMILES string of the molecule is CC1NCCN(C(=O)OC(C)(C)C)C1c1nc2cc(Cl)cc(Br)c2o1. The quantitative estimate of drug-likeness (QED) is 0.721. The molecule has 2 aromatic rings. The Kier molecular flexibility index (Phi) is 5.01. The average Bonchev–Trinajstić information content (AvgIpc) is 2.88. The van der Waals surface area contributed by atoms with Crippen molar-refractivity contribution in [1.82, 2.24) is 15.2 Å². The number of nitrogens with one attached hydrogen (secondary N) is 1. The number of amides is 1. The Bertz CT molecular complexity index is 802. The molecular weight excluding hydrogens is 410 g/mol. The van der Waals surface area contributed by atoms with Gasteiger partial charge in [0.1, 0.15) is 17.2 Å². The van der Waals surface area contributed by atoms with E-state index >= 15 is 0 Å². The predicted octanol–water partition coefficient (Wildman–Crippen LogP) is 4.51. The van der Waals surface area contributed by atoms with Crippen molar-refractivity contribution >= 4 is 44.7 Å². The van der Waals surface area contributed by atoms with Crippen LogP contribution >= 0.6 is 27.5 Å². The van der Waals surface area contributed by atoms with Gasteiger partial charge in [-0.15, -0.1) is 0 Å². The summed E-state index contributed by atoms with van der Waals surface area (Å²) in [6.45, 7) is 8.76. The van der Waals surface area contributed by atoms with Crippen LogP contribution in [0.4, 0.5) is 4.79 Å². The van der Waals surface area contributed by atoms with Gasteiger partial charge in [-0.1, -0.05) is 11.6 Å². The largest absolute Gasteiger partial charge is 0.444 e. The highest BCUT2D eigenvalue weighted by Crippen LogP contribution is 2.34. The Hall–Kier alpha value is -1.31. The fourth-order valence-electron chi connectivity index (χ4n) is 2.91. The Balaban J connectivity index is 1.99. The van der Waals surface area contributed by atoms with Crippen molar-refractivity contribution in [3.8, 4) is 0 Å². The van der Waals surface area contributed by atoms with E-state index in [2.05, 4.69) is 26.2 Å². The number of benzene rings is 1. The Morgan fingerprint density at radius 3 is 2.88 bits per heavy atom. The predicted molar refractivity (Wildman–Crippen MR) is 99.9 cm³/mol. The summed E-state index contributed by atoms with van der Waals surface area (Å²) >= 11 is 9.54. The number of halogens is 2. The number of nitrogens with zero attached hydrogens (tertiary/aromatic N) is 2. The zero-order valence-electron chi connectivity index (χ0n) is 14.6. The average molecular weight is 431 g/mol. The minimum absolute atomic E-state index is 0.0245. The lowest BCUT2D eigenvalue weighted by Crippen LogP contribution is -2.54. The number of piperazine rings is 1. The van der Waals surface area contributed by atoms with Crippen LogP contribution in [-0.4, -0.2) is 40.7 Å². The second-order valence-corrected chi connectivity index (χ2v) is 8.44. The highest BCUT2D eigenvalue weighted by molar-refractivity contribution is 9.10. The van der Waals surface area contributed by atoms with E-state index in [1.54, 1.807) is 17.0 Å². The van der Waals surface area contributed by atoms with E-state index in [0.717, 1.165) is 4.47 Å². The van der Waals surface area contributed by atoms with Crippen molar-refractivity contribution in [2.45, 2.75) is 45.4 Å². The molecule has 1 N–H and O–H groups in total. The Labute approximate surface area is 160 Å². The lowest BCUT2D eigenvalue weighted by Gasteiger charge is -2.39. The molecule has 0 bridgehead atoms. The zero-order valence-corrected chi connectivity index (χ0v) is 16.9. The number of hydrogen-bond donors (Lipinski definition) is 1. The normalized spacial score (nSPS) is 21.6. The number of oxazole rings is 1. The maximum absolute atomic E-state index is 12.7. The molecule has 0 radical (unpaired) electrons. The van der Waals surface area contributed by atoms with E-state index in [4.69, 9.17) is 20.8 Å². The number of aromatic nitrogens is 1. The summed E-state index contributed by atoms with van der Waals surface area (Å²) in [5.41, 5.74) is 0.700. The molecule has 0 aliphatic carbocycles. The standard InChI is InChI=1S/C17H21BrClN3O3/c1-9-13(22(6-5-20-9)16(23)25-17(2,3)4)15-21-12-8-10(19)7-11(18)14(12)24-15/h7-9,13,20H,5-6H2,1-4H3. The molecule has 1 aliphatic rings. The van der Waals surface area contributed by atoms with Crippen molar-refractivity contribution in [3.63, 3.8) is 0 Å². The third-order valence-electron chi connectivity index (χ3n) is 3.94. The molecular formula is C17H21BrClN3O3. The van der Waals surface area contributed by atoms with Crippen LogP contribution in [0.5, 0.6) is 0 Å². The zero-order chi connectivity index (χ0) is 18.4. The van der Waals surface area contributed by atoms with Crippen molar-refractivity contribution < 1.29 is 13.9 Å². The van der Waals surface area contributed by atoms with Gasteiger partial charge in [0, 0.05) is 24.2 Å². The maximum atomic E-state index is 12.7. The third kappa shape index (κ3) is 3.93. The Morgan fingerprint density at radius 2 is 2.20 bits per heavy atom. The third-order valence-corrected chi connectivity index (χ3v) is 4.74.